The maximum absolute atomic E-state index is 13.5. The summed E-state index contributed by atoms with van der Waals surface area (Å²) in [7, 11) is 4.60. The van der Waals surface area contributed by atoms with Gasteiger partial charge in [0.25, 0.3) is 17.7 Å². The lowest BCUT2D eigenvalue weighted by Crippen LogP contribution is -2.38. The number of methoxy groups -OCH3 is 3. The second-order valence-corrected chi connectivity index (χ2v) is 32.6. The fourth-order valence-electron chi connectivity index (χ4n) is 14.5. The summed E-state index contributed by atoms with van der Waals surface area (Å²) in [5.41, 5.74) is 7.25. The predicted molar refractivity (Wildman–Crippen MR) is 476 cm³/mol. The summed E-state index contributed by atoms with van der Waals surface area (Å²) < 4.78 is 44.1. The van der Waals surface area contributed by atoms with Crippen molar-refractivity contribution in [1.82, 2.24) is 49.6 Å². The van der Waals surface area contributed by atoms with Crippen molar-refractivity contribution in [1.29, 1.82) is 0 Å². The third kappa shape index (κ3) is 18.1. The van der Waals surface area contributed by atoms with E-state index in [4.69, 9.17) is 72.7 Å². The van der Waals surface area contributed by atoms with Crippen LogP contribution in [0, 0.1) is 0 Å². The molecular weight excluding hydrogens is 1710 g/mol. The monoisotopic (exact) mass is 1790 g/mol. The largest absolute Gasteiger partial charge is 0.497 e. The van der Waals surface area contributed by atoms with Crippen LogP contribution in [0.15, 0.2) is 165 Å². The van der Waals surface area contributed by atoms with E-state index in [1.54, 1.807) is 86.1 Å². The number of hydrogen-bond acceptors (Lipinski definition) is 27. The Morgan fingerprint density at radius 2 is 0.871 bits per heavy atom. The molecule has 0 spiro atoms. The summed E-state index contributed by atoms with van der Waals surface area (Å²) in [6.45, 7) is 13.0. The molecule has 0 unspecified atom stereocenters. The molecule has 6 N–H and O–H groups in total. The summed E-state index contributed by atoms with van der Waals surface area (Å²) in [5.74, 6) is 2.46. The third-order valence-corrected chi connectivity index (χ3v) is 24.9. The van der Waals surface area contributed by atoms with Crippen LogP contribution >= 0.6 is 68.8 Å². The molecule has 0 saturated carbocycles. The topological polar surface area (TPSA) is 358 Å². The van der Waals surface area contributed by atoms with Gasteiger partial charge in [-0.2, -0.15) is 0 Å². The Morgan fingerprint density at radius 1 is 0.435 bits per heavy atom. The average Bonchev–Trinajstić information content (AvgIpc) is 1.54. The molecule has 13 heterocycles. The van der Waals surface area contributed by atoms with E-state index >= 15 is 0 Å². The lowest BCUT2D eigenvalue weighted by atomic mass is 10.1. The predicted octanol–water partition coefficient (Wildman–Crippen LogP) is 16.2. The highest BCUT2D eigenvalue weighted by Gasteiger charge is 2.39. The van der Waals surface area contributed by atoms with Crippen LogP contribution in [0.4, 0.5) is 83.0 Å². The number of carbonyl (C=O) groups is 6. The van der Waals surface area contributed by atoms with Gasteiger partial charge in [0.1, 0.15) is 78.6 Å². The van der Waals surface area contributed by atoms with E-state index in [1.165, 1.54) is 70.6 Å². The zero-order valence-corrected chi connectivity index (χ0v) is 71.2. The molecule has 3 saturated heterocycles. The highest BCUT2D eigenvalue weighted by Crippen LogP contribution is 2.51. The number of nitrogens with one attached hydrogen (secondary N) is 6. The number of thiophene rings is 3. The number of urea groups is 3. The van der Waals surface area contributed by atoms with Gasteiger partial charge in [0.05, 0.1) is 132 Å². The zero-order valence-electron chi connectivity index (χ0n) is 66.5. The van der Waals surface area contributed by atoms with Crippen molar-refractivity contribution < 1.29 is 66.7 Å². The van der Waals surface area contributed by atoms with Gasteiger partial charge in [0.2, 0.25) is 0 Å². The number of hydrogen-bond donors (Lipinski definition) is 6. The number of amides is 9. The van der Waals surface area contributed by atoms with Crippen LogP contribution in [0.5, 0.6) is 28.7 Å². The number of carbonyl (C=O) groups excluding carboxylic acids is 6. The highest BCUT2D eigenvalue weighted by atomic mass is 35.5. The third-order valence-electron chi connectivity index (χ3n) is 20.7. The Balaban J connectivity index is 0.000000132. The zero-order chi connectivity index (χ0) is 85.5. The molecule has 7 aromatic heterocycles. The lowest BCUT2D eigenvalue weighted by molar-refractivity contribution is 0.0321. The van der Waals surface area contributed by atoms with Crippen LogP contribution < -0.4 is 70.3 Å². The molecule has 0 atom stereocenters. The highest BCUT2D eigenvalue weighted by molar-refractivity contribution is 7.22. The number of ether oxygens (including phenoxy) is 8. The van der Waals surface area contributed by atoms with Crippen LogP contribution in [-0.2, 0) is 33.9 Å². The fraction of sp³-hybridized carbons (Fsp3) is 0.235. The first-order valence-electron chi connectivity index (χ1n) is 39.0. The van der Waals surface area contributed by atoms with Crippen LogP contribution in [0.1, 0.15) is 45.8 Å². The van der Waals surface area contributed by atoms with Crippen LogP contribution in [0.3, 0.4) is 0 Å². The first-order chi connectivity index (χ1) is 60.5. The molecule has 6 aliphatic rings. The van der Waals surface area contributed by atoms with Gasteiger partial charge < -0.3 is 69.8 Å². The fourth-order valence-corrected chi connectivity index (χ4v) is 18.1. The molecule has 124 heavy (non-hydrogen) atoms. The molecule has 13 aromatic rings. The SMILES string of the molecule is COc1ccc(Cl)c(N2C(=O)Nc3c(C(=O)Nc4ccc(CN5CCOCC5)cc4)sc4ncnc2c34)c1.COc1ccc(Cl)c(N2C(=O)Nc3c(C(=O)Nc4ccc(OCCN5CCOCC5)c(OC)c4)sc4ncnc2c34)c1.O=C(Nc1ccc(CN2CCOCC2)cc1)c1sc2ncnc3c2c1NC(=O)N3c1ccc(OCc2ccccn2)c(Cl)c1. The van der Waals surface area contributed by atoms with E-state index in [0.29, 0.717) is 159 Å². The summed E-state index contributed by atoms with van der Waals surface area (Å²) >= 11 is 23.0. The molecule has 0 aliphatic carbocycles. The molecule has 0 radical (unpaired) electrons. The number of aromatic nitrogens is 7. The molecule has 634 valence electrons. The molecule has 33 nitrogen and oxygen atoms in total. The van der Waals surface area contributed by atoms with Crippen molar-refractivity contribution in [2.75, 3.05) is 160 Å². The van der Waals surface area contributed by atoms with Gasteiger partial charge in [-0.3, -0.25) is 34.1 Å². The van der Waals surface area contributed by atoms with Crippen LogP contribution in [0.2, 0.25) is 15.1 Å². The molecule has 9 amide bonds. The standard InChI is InChI=1S/C31H26ClN7O4S.C28H27ClN6O6S.C26H23ClN6O4S/c32-23-15-22(8-9-24(23)43-17-21-3-1-2-10-33-21)39-28-25-26(37-31(39)41)27(44-30(25)35-18-34-28)29(40)36-20-6-4-19(5-7-20)16-38-11-13-42-14-12-38;1-38-17-4-5-18(29)19(14-17)35-25-22-23(33-28(35)37)24(42-27(22)31-15-30-25)26(36)32-16-3-6-20(21(13-16)39-2)41-12-9-34-7-10-40-11-8-34;1-36-17-6-7-18(27)19(12-17)33-23-20-21(31-26(33)35)22(38-25(20)29-14-28-23)24(34)30-16-4-2-15(3-5-16)13-32-8-10-37-11-9-32/h1-10,15,18H,11-14,16-17H2,(H,36,40)(H,37,41);3-6,13-15H,7-12H2,1-2H3,(H,32,36)(H,33,37);2-7,12,14H,8-11,13H2,1H3,(H,30,34)(H,31,35). The van der Waals surface area contributed by atoms with E-state index in [9.17, 15) is 28.8 Å². The number of rotatable bonds is 23. The minimum Gasteiger partial charge on any atom is -0.497 e. The van der Waals surface area contributed by atoms with E-state index in [0.717, 1.165) is 127 Å². The Morgan fingerprint density at radius 3 is 1.31 bits per heavy atom. The molecule has 19 rings (SSSR count). The normalized spacial score (nSPS) is 15.0. The van der Waals surface area contributed by atoms with Gasteiger partial charge in [0.15, 0.2) is 29.0 Å². The van der Waals surface area contributed by atoms with E-state index in [-0.39, 0.29) is 23.3 Å². The number of benzene rings is 6. The minimum absolute atomic E-state index is 0.248. The van der Waals surface area contributed by atoms with Crippen molar-refractivity contribution in [2.45, 2.75) is 19.7 Å². The van der Waals surface area contributed by atoms with Gasteiger partial charge >= 0.3 is 18.1 Å². The second-order valence-electron chi connectivity index (χ2n) is 28.4. The van der Waals surface area contributed by atoms with E-state index in [1.807, 2.05) is 66.7 Å². The molecular formula is C85H76Cl3N19O14S3. The number of nitrogens with zero attached hydrogens (tertiary/aromatic N) is 13. The summed E-state index contributed by atoms with van der Waals surface area (Å²) in [5, 5.41) is 20.0. The molecule has 6 aliphatic heterocycles. The van der Waals surface area contributed by atoms with Crippen molar-refractivity contribution in [2.24, 2.45) is 0 Å². The Bertz CT molecular complexity index is 6220. The lowest BCUT2D eigenvalue weighted by Gasteiger charge is -2.28. The summed E-state index contributed by atoms with van der Waals surface area (Å²) in [6, 6.07) is 39.8. The molecule has 3 fully saturated rings. The van der Waals surface area contributed by atoms with Crippen LogP contribution in [0.25, 0.3) is 30.6 Å². The Labute approximate surface area is 735 Å². The first-order valence-corrected chi connectivity index (χ1v) is 42.6. The summed E-state index contributed by atoms with van der Waals surface area (Å²) in [6.07, 6.45) is 5.79. The molecule has 6 aromatic carbocycles. The number of pyridine rings is 1. The first kappa shape index (κ1) is 83.7. The van der Waals surface area contributed by atoms with Crippen molar-refractivity contribution in [3.8, 4) is 28.7 Å². The number of anilines is 12. The van der Waals surface area contributed by atoms with Gasteiger partial charge in [-0.25, -0.2) is 59.0 Å². The quantitative estimate of drug-likeness (QED) is 0.0346. The average molecular weight is 1790 g/mol. The van der Waals surface area contributed by atoms with Crippen molar-refractivity contribution in [3.63, 3.8) is 0 Å². The van der Waals surface area contributed by atoms with Crippen LogP contribution in [-0.4, -0.2) is 199 Å². The van der Waals surface area contributed by atoms with Gasteiger partial charge in [-0.05, 0) is 102 Å². The minimum atomic E-state index is -0.523. The maximum atomic E-state index is 13.5. The van der Waals surface area contributed by atoms with Crippen molar-refractivity contribution >= 4 is 204 Å². The number of halogens is 3. The Hall–Kier alpha value is -12.6. The van der Waals surface area contributed by atoms with Gasteiger partial charge in [-0.1, -0.05) is 65.1 Å². The van der Waals surface area contributed by atoms with Gasteiger partial charge in [0, 0.05) is 100 Å². The summed E-state index contributed by atoms with van der Waals surface area (Å²) in [4.78, 5) is 125. The molecule has 39 heteroatoms. The Kier molecular flexibility index (Phi) is 25.4. The number of morpholine rings is 3. The second kappa shape index (κ2) is 37.6. The maximum Gasteiger partial charge on any atom is 0.332 e. The van der Waals surface area contributed by atoms with Gasteiger partial charge in [-0.15, -0.1) is 34.0 Å². The van der Waals surface area contributed by atoms with E-state index in [2.05, 4.69) is 81.5 Å². The molecule has 0 bridgehead atoms. The van der Waals surface area contributed by atoms with E-state index < -0.39 is 24.0 Å². The van der Waals surface area contributed by atoms with Crippen molar-refractivity contribution in [3.05, 3.63) is 211 Å². The smallest absolute Gasteiger partial charge is 0.332 e.